The summed E-state index contributed by atoms with van der Waals surface area (Å²) in [6.45, 7) is 0.207. The quantitative estimate of drug-likeness (QED) is 0.731. The van der Waals surface area contributed by atoms with Gasteiger partial charge in [0.2, 0.25) is 0 Å². The molecule has 1 fully saturated rings. The number of methoxy groups -OCH3 is 1. The predicted molar refractivity (Wildman–Crippen MR) is 65.2 cm³/mol. The molecule has 2 amide bonds. The smallest absolute Gasteiger partial charge is 0.327 e. The van der Waals surface area contributed by atoms with Crippen LogP contribution in [0.1, 0.15) is 6.42 Å². The third kappa shape index (κ3) is 3.52. The van der Waals surface area contributed by atoms with Crippen molar-refractivity contribution in [2.75, 3.05) is 32.3 Å². The number of aliphatic carboxylic acids is 1. The van der Waals surface area contributed by atoms with E-state index in [9.17, 15) is 14.4 Å². The molecule has 0 radical (unpaired) electrons. The van der Waals surface area contributed by atoms with Crippen molar-refractivity contribution >= 4 is 29.7 Å². The molecule has 0 aliphatic carbocycles. The molecule has 0 aromatic rings. The predicted octanol–water partition coefficient (Wildman–Crippen LogP) is 0.0608. The summed E-state index contributed by atoms with van der Waals surface area (Å²) in [5.74, 6) is -0.653. The van der Waals surface area contributed by atoms with Crippen molar-refractivity contribution in [1.82, 2.24) is 9.80 Å². The van der Waals surface area contributed by atoms with Crippen molar-refractivity contribution in [3.8, 4) is 0 Å². The van der Waals surface area contributed by atoms with Gasteiger partial charge in [0.25, 0.3) is 0 Å². The molecule has 0 unspecified atom stereocenters. The van der Waals surface area contributed by atoms with Gasteiger partial charge in [-0.15, -0.1) is 11.8 Å². The number of ether oxygens (including phenoxy) is 1. The molecule has 1 N–H and O–H groups in total. The summed E-state index contributed by atoms with van der Waals surface area (Å²) in [6.07, 6.45) is 0.0947. The van der Waals surface area contributed by atoms with E-state index in [1.165, 1.54) is 35.7 Å². The second-order valence-electron chi connectivity index (χ2n) is 3.85. The van der Waals surface area contributed by atoms with E-state index in [1.54, 1.807) is 0 Å². The second kappa shape index (κ2) is 6.48. The summed E-state index contributed by atoms with van der Waals surface area (Å²) in [7, 11) is 2.81. The zero-order chi connectivity index (χ0) is 13.7. The summed E-state index contributed by atoms with van der Waals surface area (Å²) in [5, 5.41) is 8.97. The van der Waals surface area contributed by atoms with Crippen LogP contribution >= 0.6 is 11.8 Å². The number of esters is 1. The highest BCUT2D eigenvalue weighted by Crippen LogP contribution is 2.22. The van der Waals surface area contributed by atoms with Crippen LogP contribution < -0.4 is 0 Å². The number of nitrogens with zero attached hydrogens (tertiary/aromatic N) is 2. The lowest BCUT2D eigenvalue weighted by molar-refractivity contribution is -0.142. The molecule has 0 spiro atoms. The topological polar surface area (TPSA) is 87.2 Å². The minimum absolute atomic E-state index is 0.0947. The van der Waals surface area contributed by atoms with Crippen LogP contribution in [-0.2, 0) is 14.3 Å². The van der Waals surface area contributed by atoms with E-state index in [1.807, 2.05) is 0 Å². The SMILES string of the molecule is COC(=O)CCN(C)C(=O)N1CSC[C@H]1C(=O)O. The molecule has 102 valence electrons. The van der Waals surface area contributed by atoms with Crippen LogP contribution in [0, 0.1) is 0 Å². The molecule has 1 heterocycles. The number of hydrogen-bond acceptors (Lipinski definition) is 5. The van der Waals surface area contributed by atoms with Gasteiger partial charge in [-0.1, -0.05) is 0 Å². The van der Waals surface area contributed by atoms with Crippen molar-refractivity contribution in [2.24, 2.45) is 0 Å². The number of carbonyl (C=O) groups excluding carboxylic acids is 2. The van der Waals surface area contributed by atoms with Gasteiger partial charge in [0, 0.05) is 19.3 Å². The zero-order valence-corrected chi connectivity index (χ0v) is 11.1. The van der Waals surface area contributed by atoms with E-state index in [4.69, 9.17) is 5.11 Å². The number of urea groups is 1. The van der Waals surface area contributed by atoms with Gasteiger partial charge in [-0.2, -0.15) is 0 Å². The minimum Gasteiger partial charge on any atom is -0.480 e. The van der Waals surface area contributed by atoms with Crippen LogP contribution in [-0.4, -0.2) is 71.2 Å². The van der Waals surface area contributed by atoms with Crippen LogP contribution in [0.4, 0.5) is 4.79 Å². The summed E-state index contributed by atoms with van der Waals surface area (Å²) in [6, 6.07) is -1.17. The van der Waals surface area contributed by atoms with E-state index < -0.39 is 18.0 Å². The van der Waals surface area contributed by atoms with Gasteiger partial charge in [-0.05, 0) is 0 Å². The fourth-order valence-electron chi connectivity index (χ4n) is 1.51. The highest BCUT2D eigenvalue weighted by molar-refractivity contribution is 7.99. The lowest BCUT2D eigenvalue weighted by Gasteiger charge is -2.26. The molecule has 1 atom stereocenters. The number of rotatable bonds is 4. The molecule has 0 saturated carbocycles. The first-order chi connectivity index (χ1) is 8.47. The molecule has 1 saturated heterocycles. The average molecular weight is 276 g/mol. The van der Waals surface area contributed by atoms with Crippen molar-refractivity contribution in [3.63, 3.8) is 0 Å². The number of amides is 2. The number of thioether (sulfide) groups is 1. The van der Waals surface area contributed by atoms with E-state index in [0.717, 1.165) is 0 Å². The molecular formula is C10H16N2O5S. The number of carboxylic acids is 1. The first-order valence-corrected chi connectivity index (χ1v) is 6.52. The van der Waals surface area contributed by atoms with Gasteiger partial charge in [-0.25, -0.2) is 9.59 Å². The van der Waals surface area contributed by atoms with E-state index in [2.05, 4.69) is 4.74 Å². The molecule has 18 heavy (non-hydrogen) atoms. The Morgan fingerprint density at radius 3 is 2.72 bits per heavy atom. The van der Waals surface area contributed by atoms with Crippen LogP contribution in [0.15, 0.2) is 0 Å². The van der Waals surface area contributed by atoms with Gasteiger partial charge in [0.1, 0.15) is 6.04 Å². The summed E-state index contributed by atoms with van der Waals surface area (Å²) in [5.41, 5.74) is 0. The Bertz CT molecular complexity index is 349. The monoisotopic (exact) mass is 276 g/mol. The van der Waals surface area contributed by atoms with Crippen molar-refractivity contribution in [3.05, 3.63) is 0 Å². The van der Waals surface area contributed by atoms with Crippen LogP contribution in [0.5, 0.6) is 0 Å². The Kier molecular flexibility index (Phi) is 5.26. The highest BCUT2D eigenvalue weighted by atomic mass is 32.2. The van der Waals surface area contributed by atoms with E-state index >= 15 is 0 Å². The lowest BCUT2D eigenvalue weighted by atomic mass is 10.3. The third-order valence-corrected chi connectivity index (χ3v) is 3.63. The molecule has 1 aliphatic rings. The Labute approximate surface area is 109 Å². The van der Waals surface area contributed by atoms with Crippen LogP contribution in [0.25, 0.3) is 0 Å². The number of carbonyl (C=O) groups is 3. The number of hydrogen-bond donors (Lipinski definition) is 1. The summed E-state index contributed by atoms with van der Waals surface area (Å²) < 4.78 is 4.48. The molecule has 1 rings (SSSR count). The van der Waals surface area contributed by atoms with Gasteiger partial charge >= 0.3 is 18.0 Å². The third-order valence-electron chi connectivity index (χ3n) is 2.62. The van der Waals surface area contributed by atoms with Crippen molar-refractivity contribution in [1.29, 1.82) is 0 Å². The Balaban J connectivity index is 2.52. The Morgan fingerprint density at radius 2 is 2.17 bits per heavy atom. The van der Waals surface area contributed by atoms with E-state index in [-0.39, 0.29) is 19.0 Å². The maximum absolute atomic E-state index is 12.0. The molecule has 1 aliphatic heterocycles. The maximum atomic E-state index is 12.0. The standard InChI is InChI=1S/C10H16N2O5S/c1-11(4-3-8(13)17-2)10(16)12-6-18-5-7(12)9(14)15/h7H,3-6H2,1-2H3,(H,14,15)/t7-/m0/s1. The molecular weight excluding hydrogens is 260 g/mol. The molecule has 0 aromatic carbocycles. The van der Waals surface area contributed by atoms with Crippen LogP contribution in [0.2, 0.25) is 0 Å². The first-order valence-electron chi connectivity index (χ1n) is 5.36. The van der Waals surface area contributed by atoms with Gasteiger partial charge in [-0.3, -0.25) is 4.79 Å². The van der Waals surface area contributed by atoms with Crippen molar-refractivity contribution in [2.45, 2.75) is 12.5 Å². The first kappa shape index (κ1) is 14.6. The highest BCUT2D eigenvalue weighted by Gasteiger charge is 2.35. The van der Waals surface area contributed by atoms with Crippen molar-refractivity contribution < 1.29 is 24.2 Å². The lowest BCUT2D eigenvalue weighted by Crippen LogP contribution is -2.47. The fourth-order valence-corrected chi connectivity index (χ4v) is 2.65. The molecule has 7 nitrogen and oxygen atoms in total. The number of carboxylic acid groups (broad SMARTS) is 1. The summed E-state index contributed by atoms with van der Waals surface area (Å²) >= 11 is 1.40. The molecule has 0 bridgehead atoms. The average Bonchev–Trinajstić information content (AvgIpc) is 2.83. The van der Waals surface area contributed by atoms with Gasteiger partial charge in [0.05, 0.1) is 19.4 Å². The zero-order valence-electron chi connectivity index (χ0n) is 10.3. The maximum Gasteiger partial charge on any atom is 0.327 e. The minimum atomic E-state index is -1.00. The molecule has 8 heteroatoms. The largest absolute Gasteiger partial charge is 0.480 e. The van der Waals surface area contributed by atoms with Gasteiger partial charge < -0.3 is 19.6 Å². The Morgan fingerprint density at radius 1 is 1.50 bits per heavy atom. The van der Waals surface area contributed by atoms with E-state index in [0.29, 0.717) is 11.6 Å². The van der Waals surface area contributed by atoms with Crippen LogP contribution in [0.3, 0.4) is 0 Å². The van der Waals surface area contributed by atoms with Gasteiger partial charge in [0.15, 0.2) is 0 Å². The normalized spacial score (nSPS) is 18.6. The summed E-state index contributed by atoms with van der Waals surface area (Å²) in [4.78, 5) is 36.5. The fraction of sp³-hybridized carbons (Fsp3) is 0.700. The second-order valence-corrected chi connectivity index (χ2v) is 4.85. The molecule has 0 aromatic heterocycles. The Hall–Kier alpha value is -1.44.